The second-order valence-electron chi connectivity index (χ2n) is 4.93. The summed E-state index contributed by atoms with van der Waals surface area (Å²) in [5, 5.41) is 0. The smallest absolute Gasteiger partial charge is 0.0747 e. The number of anilines is 1. The van der Waals surface area contributed by atoms with E-state index in [1.54, 1.807) is 0 Å². The molecule has 1 aliphatic heterocycles. The lowest BCUT2D eigenvalue weighted by molar-refractivity contribution is 0.0664. The highest BCUT2D eigenvalue weighted by molar-refractivity contribution is 5.45. The van der Waals surface area contributed by atoms with Crippen molar-refractivity contribution in [3.63, 3.8) is 0 Å². The lowest BCUT2D eigenvalue weighted by atomic mass is 10.2. The Hall–Kier alpha value is -1.13. The van der Waals surface area contributed by atoms with E-state index in [4.69, 9.17) is 10.5 Å². The van der Waals surface area contributed by atoms with Gasteiger partial charge in [0.05, 0.1) is 23.7 Å². The molecular formula is C14H23N3O. The Bertz CT molecular complexity index is 364. The third kappa shape index (κ3) is 3.21. The molecule has 4 nitrogen and oxygen atoms in total. The maximum atomic E-state index is 5.81. The van der Waals surface area contributed by atoms with Gasteiger partial charge in [-0.2, -0.15) is 0 Å². The van der Waals surface area contributed by atoms with Gasteiger partial charge < -0.3 is 15.4 Å². The maximum absolute atomic E-state index is 5.81. The molecule has 1 fully saturated rings. The molecule has 1 aromatic rings. The summed E-state index contributed by atoms with van der Waals surface area (Å²) in [4.78, 5) is 6.79. The summed E-state index contributed by atoms with van der Waals surface area (Å²) in [6.07, 6.45) is 4.39. The van der Waals surface area contributed by atoms with Crippen LogP contribution in [0.4, 0.5) is 5.69 Å². The molecule has 0 radical (unpaired) electrons. The molecule has 2 rings (SSSR count). The van der Waals surface area contributed by atoms with E-state index in [1.807, 2.05) is 19.2 Å². The molecule has 0 aromatic carbocycles. The lowest BCUT2D eigenvalue weighted by Crippen LogP contribution is -2.31. The summed E-state index contributed by atoms with van der Waals surface area (Å²) in [6, 6.07) is 4.13. The number of nitrogens with two attached hydrogens (primary N) is 1. The minimum Gasteiger partial charge on any atom is -0.376 e. The SMILES string of the molecule is CCC1CN(c2ccc([C@H](C)N)nc2)CCCO1. The van der Waals surface area contributed by atoms with Crippen molar-refractivity contribution < 1.29 is 4.74 Å². The largest absolute Gasteiger partial charge is 0.376 e. The highest BCUT2D eigenvalue weighted by Gasteiger charge is 2.17. The molecule has 2 atom stereocenters. The van der Waals surface area contributed by atoms with Gasteiger partial charge in [-0.05, 0) is 31.9 Å². The molecule has 1 unspecified atom stereocenters. The molecule has 0 amide bonds. The molecule has 0 bridgehead atoms. The van der Waals surface area contributed by atoms with E-state index in [0.717, 1.165) is 38.2 Å². The minimum atomic E-state index is -0.00472. The molecule has 2 heterocycles. The molecule has 0 aliphatic carbocycles. The Morgan fingerprint density at radius 3 is 3.00 bits per heavy atom. The zero-order valence-corrected chi connectivity index (χ0v) is 11.3. The van der Waals surface area contributed by atoms with Crippen LogP contribution in [0, 0.1) is 0 Å². The minimum absolute atomic E-state index is 0.00472. The Labute approximate surface area is 109 Å². The van der Waals surface area contributed by atoms with Gasteiger partial charge in [0, 0.05) is 25.7 Å². The van der Waals surface area contributed by atoms with Crippen molar-refractivity contribution in [2.45, 2.75) is 38.8 Å². The highest BCUT2D eigenvalue weighted by Crippen LogP contribution is 2.19. The number of aromatic nitrogens is 1. The average Bonchev–Trinajstić information content (AvgIpc) is 2.64. The van der Waals surface area contributed by atoms with E-state index < -0.39 is 0 Å². The summed E-state index contributed by atoms with van der Waals surface area (Å²) in [6.45, 7) is 6.98. The first-order chi connectivity index (χ1) is 8.70. The number of nitrogens with zero attached hydrogens (tertiary/aromatic N) is 2. The van der Waals surface area contributed by atoms with Gasteiger partial charge in [-0.25, -0.2) is 0 Å². The quantitative estimate of drug-likeness (QED) is 0.891. The van der Waals surface area contributed by atoms with E-state index in [9.17, 15) is 0 Å². The molecule has 2 N–H and O–H groups in total. The van der Waals surface area contributed by atoms with Gasteiger partial charge in [0.25, 0.3) is 0 Å². The fraction of sp³-hybridized carbons (Fsp3) is 0.643. The molecule has 100 valence electrons. The summed E-state index contributed by atoms with van der Waals surface area (Å²) in [5.74, 6) is 0. The zero-order valence-electron chi connectivity index (χ0n) is 11.3. The maximum Gasteiger partial charge on any atom is 0.0747 e. The third-order valence-corrected chi connectivity index (χ3v) is 3.41. The van der Waals surface area contributed by atoms with Gasteiger partial charge in [-0.3, -0.25) is 4.98 Å². The Morgan fingerprint density at radius 2 is 2.39 bits per heavy atom. The van der Waals surface area contributed by atoms with Gasteiger partial charge >= 0.3 is 0 Å². The van der Waals surface area contributed by atoms with Crippen molar-refractivity contribution >= 4 is 5.69 Å². The van der Waals surface area contributed by atoms with Gasteiger partial charge in [0.15, 0.2) is 0 Å². The van der Waals surface area contributed by atoms with Crippen LogP contribution >= 0.6 is 0 Å². The van der Waals surface area contributed by atoms with Crippen LogP contribution in [0.15, 0.2) is 18.3 Å². The molecular weight excluding hydrogens is 226 g/mol. The first-order valence-electron chi connectivity index (χ1n) is 6.78. The first-order valence-corrected chi connectivity index (χ1v) is 6.78. The number of ether oxygens (including phenoxy) is 1. The van der Waals surface area contributed by atoms with Crippen LogP contribution in [0.3, 0.4) is 0 Å². The summed E-state index contributed by atoms with van der Waals surface area (Å²) in [5.41, 5.74) is 7.93. The van der Waals surface area contributed by atoms with E-state index in [1.165, 1.54) is 5.69 Å². The molecule has 0 saturated carbocycles. The second-order valence-corrected chi connectivity index (χ2v) is 4.93. The van der Waals surface area contributed by atoms with Crippen LogP contribution in [-0.2, 0) is 4.74 Å². The van der Waals surface area contributed by atoms with Crippen molar-refractivity contribution in [3.8, 4) is 0 Å². The van der Waals surface area contributed by atoms with E-state index in [-0.39, 0.29) is 6.04 Å². The molecule has 18 heavy (non-hydrogen) atoms. The fourth-order valence-corrected chi connectivity index (χ4v) is 2.23. The van der Waals surface area contributed by atoms with Crippen LogP contribution in [0.25, 0.3) is 0 Å². The Kier molecular flexibility index (Phi) is 4.55. The predicted molar refractivity (Wildman–Crippen MR) is 73.7 cm³/mol. The van der Waals surface area contributed by atoms with Gasteiger partial charge in [0.1, 0.15) is 0 Å². The van der Waals surface area contributed by atoms with Crippen LogP contribution in [0.2, 0.25) is 0 Å². The van der Waals surface area contributed by atoms with Crippen LogP contribution in [-0.4, -0.2) is 30.8 Å². The standard InChI is InChI=1S/C14H23N3O/c1-3-13-10-17(7-4-8-18-13)12-5-6-14(11(2)15)16-9-12/h5-6,9,11,13H,3-4,7-8,10,15H2,1-2H3/t11-,13?/m0/s1. The number of pyridine rings is 1. The fourth-order valence-electron chi connectivity index (χ4n) is 2.23. The van der Waals surface area contributed by atoms with Crippen LogP contribution in [0.1, 0.15) is 38.4 Å². The highest BCUT2D eigenvalue weighted by atomic mass is 16.5. The summed E-state index contributed by atoms with van der Waals surface area (Å²) >= 11 is 0. The second kappa shape index (κ2) is 6.16. The van der Waals surface area contributed by atoms with Crippen molar-refractivity contribution in [3.05, 3.63) is 24.0 Å². The predicted octanol–water partition coefficient (Wildman–Crippen LogP) is 2.11. The first kappa shape index (κ1) is 13.3. The van der Waals surface area contributed by atoms with Gasteiger partial charge in [0.2, 0.25) is 0 Å². The Morgan fingerprint density at radius 1 is 1.56 bits per heavy atom. The van der Waals surface area contributed by atoms with Crippen LogP contribution < -0.4 is 10.6 Å². The number of hydrogen-bond donors (Lipinski definition) is 1. The molecule has 4 heteroatoms. The summed E-state index contributed by atoms with van der Waals surface area (Å²) < 4.78 is 5.78. The molecule has 0 spiro atoms. The van der Waals surface area contributed by atoms with Gasteiger partial charge in [-0.1, -0.05) is 6.92 Å². The molecule has 1 saturated heterocycles. The van der Waals surface area contributed by atoms with E-state index in [2.05, 4.69) is 22.9 Å². The zero-order chi connectivity index (χ0) is 13.0. The van der Waals surface area contributed by atoms with Crippen molar-refractivity contribution in [2.75, 3.05) is 24.6 Å². The monoisotopic (exact) mass is 249 g/mol. The number of rotatable bonds is 3. The lowest BCUT2D eigenvalue weighted by Gasteiger charge is -2.25. The van der Waals surface area contributed by atoms with Crippen molar-refractivity contribution in [2.24, 2.45) is 5.73 Å². The normalized spacial score (nSPS) is 22.6. The van der Waals surface area contributed by atoms with Gasteiger partial charge in [-0.15, -0.1) is 0 Å². The average molecular weight is 249 g/mol. The number of hydrogen-bond acceptors (Lipinski definition) is 4. The summed E-state index contributed by atoms with van der Waals surface area (Å²) in [7, 11) is 0. The third-order valence-electron chi connectivity index (χ3n) is 3.41. The van der Waals surface area contributed by atoms with Crippen LogP contribution in [0.5, 0.6) is 0 Å². The van der Waals surface area contributed by atoms with Crippen molar-refractivity contribution in [1.29, 1.82) is 0 Å². The molecule has 1 aliphatic rings. The van der Waals surface area contributed by atoms with E-state index >= 15 is 0 Å². The van der Waals surface area contributed by atoms with E-state index in [0.29, 0.717) is 6.10 Å². The molecule has 1 aromatic heterocycles. The topological polar surface area (TPSA) is 51.4 Å². The Balaban J connectivity index is 2.09. The van der Waals surface area contributed by atoms with Crippen molar-refractivity contribution in [1.82, 2.24) is 4.98 Å².